The Morgan fingerprint density at radius 1 is 1.19 bits per heavy atom. The van der Waals surface area contributed by atoms with Crippen LogP contribution >= 0.6 is 23.1 Å². The van der Waals surface area contributed by atoms with Crippen molar-refractivity contribution in [2.45, 2.75) is 31.7 Å². The predicted octanol–water partition coefficient (Wildman–Crippen LogP) is 4.92. The Morgan fingerprint density at radius 2 is 1.93 bits per heavy atom. The van der Waals surface area contributed by atoms with Gasteiger partial charge in [0.1, 0.15) is 16.8 Å². The van der Waals surface area contributed by atoms with Crippen molar-refractivity contribution >= 4 is 34.7 Å². The van der Waals surface area contributed by atoms with Crippen LogP contribution in [0.15, 0.2) is 34.8 Å². The van der Waals surface area contributed by atoms with Crippen LogP contribution in [0.5, 0.6) is 5.75 Å². The van der Waals surface area contributed by atoms with Gasteiger partial charge in [-0.15, -0.1) is 11.3 Å². The number of nitriles is 1. The molecule has 0 atom stereocenters. The molecule has 2 aromatic heterocycles. The third kappa shape index (κ3) is 4.94. The number of aryl methyl sites for hydroxylation is 3. The van der Waals surface area contributed by atoms with Gasteiger partial charge in [-0.1, -0.05) is 17.8 Å². The molecular formula is C20H18N4OS2. The predicted molar refractivity (Wildman–Crippen MR) is 110 cm³/mol. The fraction of sp³-hybridized carbons (Fsp3) is 0.200. The molecule has 0 bridgehead atoms. The summed E-state index contributed by atoms with van der Waals surface area (Å²) in [7, 11) is 0. The van der Waals surface area contributed by atoms with E-state index in [1.807, 2.05) is 38.3 Å². The molecule has 7 heteroatoms. The van der Waals surface area contributed by atoms with Gasteiger partial charge in [0.05, 0.1) is 11.3 Å². The van der Waals surface area contributed by atoms with E-state index in [0.717, 1.165) is 33.4 Å². The van der Waals surface area contributed by atoms with E-state index in [4.69, 9.17) is 0 Å². The maximum absolute atomic E-state index is 9.63. The molecule has 0 unspecified atom stereocenters. The van der Waals surface area contributed by atoms with E-state index >= 15 is 0 Å². The second kappa shape index (κ2) is 8.33. The highest BCUT2D eigenvalue weighted by atomic mass is 32.2. The average Bonchev–Trinajstić information content (AvgIpc) is 3.09. The van der Waals surface area contributed by atoms with Crippen LogP contribution in [0, 0.1) is 32.1 Å². The van der Waals surface area contributed by atoms with Gasteiger partial charge in [0, 0.05) is 22.5 Å². The number of benzene rings is 1. The van der Waals surface area contributed by atoms with Gasteiger partial charge in [-0.3, -0.25) is 0 Å². The van der Waals surface area contributed by atoms with Gasteiger partial charge < -0.3 is 5.11 Å². The van der Waals surface area contributed by atoms with Crippen molar-refractivity contribution in [1.29, 1.82) is 5.26 Å². The fourth-order valence-electron chi connectivity index (χ4n) is 2.47. The Balaban J connectivity index is 1.76. The largest absolute Gasteiger partial charge is 0.508 e. The summed E-state index contributed by atoms with van der Waals surface area (Å²) in [5.41, 5.74) is 4.92. The lowest BCUT2D eigenvalue weighted by molar-refractivity contribution is 0.471. The number of hydrogen-bond donors (Lipinski definition) is 1. The van der Waals surface area contributed by atoms with E-state index in [2.05, 4.69) is 21.0 Å². The minimum Gasteiger partial charge on any atom is -0.508 e. The molecule has 0 aliphatic carbocycles. The van der Waals surface area contributed by atoms with E-state index in [1.165, 1.54) is 23.1 Å². The highest BCUT2D eigenvalue weighted by molar-refractivity contribution is 7.98. The molecule has 0 fully saturated rings. The number of phenolic OH excluding ortho intramolecular Hbond substituents is 1. The molecule has 3 aromatic rings. The first kappa shape index (κ1) is 19.1. The number of rotatable bonds is 5. The average molecular weight is 395 g/mol. The maximum Gasteiger partial charge on any atom is 0.188 e. The van der Waals surface area contributed by atoms with Crippen LogP contribution in [0.3, 0.4) is 0 Å². The Kier molecular flexibility index (Phi) is 5.89. The van der Waals surface area contributed by atoms with Crippen LogP contribution < -0.4 is 0 Å². The SMILES string of the molecule is Cc1cc(C)nc(SCc2csc(C(C#N)=Cc3ccc(O)c(C)c3)n2)n1. The second-order valence-electron chi connectivity index (χ2n) is 6.08. The minimum absolute atomic E-state index is 0.243. The molecule has 1 aromatic carbocycles. The summed E-state index contributed by atoms with van der Waals surface area (Å²) >= 11 is 2.98. The van der Waals surface area contributed by atoms with Crippen molar-refractivity contribution in [2.24, 2.45) is 0 Å². The van der Waals surface area contributed by atoms with Gasteiger partial charge in [-0.2, -0.15) is 5.26 Å². The van der Waals surface area contributed by atoms with E-state index in [1.54, 1.807) is 18.2 Å². The van der Waals surface area contributed by atoms with Gasteiger partial charge >= 0.3 is 0 Å². The lowest BCUT2D eigenvalue weighted by atomic mass is 10.1. The molecule has 2 heterocycles. The number of aromatic hydroxyl groups is 1. The Morgan fingerprint density at radius 3 is 2.59 bits per heavy atom. The van der Waals surface area contributed by atoms with E-state index < -0.39 is 0 Å². The number of phenols is 1. The zero-order valence-electron chi connectivity index (χ0n) is 15.2. The van der Waals surface area contributed by atoms with Crippen LogP contribution in [-0.2, 0) is 5.75 Å². The Bertz CT molecular complexity index is 1030. The van der Waals surface area contributed by atoms with E-state index in [0.29, 0.717) is 16.3 Å². The lowest BCUT2D eigenvalue weighted by Gasteiger charge is -2.01. The van der Waals surface area contributed by atoms with Crippen LogP contribution in [0.25, 0.3) is 11.6 Å². The molecular weight excluding hydrogens is 376 g/mol. The molecule has 0 aliphatic rings. The summed E-state index contributed by atoms with van der Waals surface area (Å²) in [5, 5.41) is 22.5. The summed E-state index contributed by atoms with van der Waals surface area (Å²) < 4.78 is 0. The van der Waals surface area contributed by atoms with Gasteiger partial charge in [-0.25, -0.2) is 15.0 Å². The smallest absolute Gasteiger partial charge is 0.188 e. The molecule has 0 saturated heterocycles. The first-order valence-corrected chi connectivity index (χ1v) is 10.1. The quantitative estimate of drug-likeness (QED) is 0.376. The Labute approximate surface area is 166 Å². The standard InChI is InChI=1S/C20H18N4OS2/c1-12-6-15(4-5-18(12)25)8-16(9-21)19-24-17(10-26-19)11-27-20-22-13(2)7-14(3)23-20/h4-8,10,25H,11H2,1-3H3. The summed E-state index contributed by atoms with van der Waals surface area (Å²) in [5.74, 6) is 0.893. The van der Waals surface area contributed by atoms with Crippen molar-refractivity contribution in [3.8, 4) is 11.8 Å². The van der Waals surface area contributed by atoms with Gasteiger partial charge in [0.2, 0.25) is 0 Å². The molecule has 0 aliphatic heterocycles. The van der Waals surface area contributed by atoms with Crippen molar-refractivity contribution < 1.29 is 5.11 Å². The van der Waals surface area contributed by atoms with Gasteiger partial charge in [-0.05, 0) is 56.2 Å². The third-order valence-electron chi connectivity index (χ3n) is 3.75. The summed E-state index contributed by atoms with van der Waals surface area (Å²) in [6, 6.07) is 9.41. The lowest BCUT2D eigenvalue weighted by Crippen LogP contribution is -1.93. The maximum atomic E-state index is 9.63. The molecule has 5 nitrogen and oxygen atoms in total. The summed E-state index contributed by atoms with van der Waals surface area (Å²) in [6.07, 6.45) is 1.79. The van der Waals surface area contributed by atoms with Crippen molar-refractivity contribution in [1.82, 2.24) is 15.0 Å². The summed E-state index contributed by atoms with van der Waals surface area (Å²) in [4.78, 5) is 13.4. The topological polar surface area (TPSA) is 82.7 Å². The van der Waals surface area contributed by atoms with Gasteiger partial charge in [0.15, 0.2) is 5.16 Å². The number of nitrogens with zero attached hydrogens (tertiary/aromatic N) is 4. The first-order chi connectivity index (χ1) is 12.9. The number of thiazole rings is 1. The van der Waals surface area contributed by atoms with Gasteiger partial charge in [0.25, 0.3) is 0 Å². The van der Waals surface area contributed by atoms with Crippen LogP contribution in [0.4, 0.5) is 0 Å². The fourth-order valence-corrected chi connectivity index (χ4v) is 4.20. The molecule has 3 rings (SSSR count). The molecule has 0 saturated carbocycles. The second-order valence-corrected chi connectivity index (χ2v) is 7.88. The van der Waals surface area contributed by atoms with Crippen LogP contribution in [0.1, 0.15) is 33.2 Å². The van der Waals surface area contributed by atoms with E-state index in [9.17, 15) is 10.4 Å². The Hall–Kier alpha value is -2.69. The molecule has 0 amide bonds. The van der Waals surface area contributed by atoms with Crippen molar-refractivity contribution in [3.63, 3.8) is 0 Å². The highest BCUT2D eigenvalue weighted by Crippen LogP contribution is 2.26. The number of thioether (sulfide) groups is 1. The molecule has 1 N–H and O–H groups in total. The summed E-state index contributed by atoms with van der Waals surface area (Å²) in [6.45, 7) is 5.73. The molecule has 0 spiro atoms. The minimum atomic E-state index is 0.243. The van der Waals surface area contributed by atoms with Crippen molar-refractivity contribution in [3.05, 3.63) is 62.9 Å². The number of aromatic nitrogens is 3. The first-order valence-electron chi connectivity index (χ1n) is 8.26. The number of allylic oxidation sites excluding steroid dienone is 1. The zero-order valence-corrected chi connectivity index (χ0v) is 16.9. The number of hydrogen-bond acceptors (Lipinski definition) is 7. The van der Waals surface area contributed by atoms with Crippen molar-refractivity contribution in [2.75, 3.05) is 0 Å². The monoisotopic (exact) mass is 394 g/mol. The normalized spacial score (nSPS) is 11.4. The zero-order chi connectivity index (χ0) is 19.4. The highest BCUT2D eigenvalue weighted by Gasteiger charge is 2.10. The molecule has 136 valence electrons. The van der Waals surface area contributed by atoms with Crippen LogP contribution in [-0.4, -0.2) is 20.1 Å². The molecule has 0 radical (unpaired) electrons. The molecule has 27 heavy (non-hydrogen) atoms. The van der Waals surface area contributed by atoms with E-state index in [-0.39, 0.29) is 5.75 Å². The third-order valence-corrected chi connectivity index (χ3v) is 5.55. The van der Waals surface area contributed by atoms with Crippen LogP contribution in [0.2, 0.25) is 0 Å².